The first-order chi connectivity index (χ1) is 14.6. The standard InChI is InChI=1S/C19H18N10O/c20-17-27-28-18(29(17)21)22-14-8-4-5-9-15(14)23-19(30)24-16-11-10-13(25-26-16)12-6-2-1-3-7-12/h1-11H,21H2,(H2,20,27)(H,22,28)(H2,23,24,26,30). The molecule has 0 aliphatic carbocycles. The number of hydrogen-bond donors (Lipinski definition) is 5. The smallest absolute Gasteiger partial charge is 0.324 e. The Balaban J connectivity index is 1.44. The van der Waals surface area contributed by atoms with Gasteiger partial charge in [-0.05, 0) is 24.3 Å². The highest BCUT2D eigenvalue weighted by Gasteiger charge is 2.12. The number of para-hydroxylation sites is 2. The molecule has 0 unspecified atom stereocenters. The number of anilines is 5. The van der Waals surface area contributed by atoms with Gasteiger partial charge < -0.3 is 22.2 Å². The first-order valence-corrected chi connectivity index (χ1v) is 8.89. The molecule has 0 aliphatic rings. The lowest BCUT2D eigenvalue weighted by Gasteiger charge is -2.12. The third-order valence-corrected chi connectivity index (χ3v) is 4.12. The summed E-state index contributed by atoms with van der Waals surface area (Å²) in [5.74, 6) is 6.34. The van der Waals surface area contributed by atoms with E-state index in [1.165, 1.54) is 0 Å². The van der Waals surface area contributed by atoms with Crippen LogP contribution in [0.3, 0.4) is 0 Å². The van der Waals surface area contributed by atoms with Crippen molar-refractivity contribution in [1.82, 2.24) is 25.1 Å². The van der Waals surface area contributed by atoms with Crippen molar-refractivity contribution in [3.8, 4) is 11.3 Å². The number of carbonyl (C=O) groups is 1. The fraction of sp³-hybridized carbons (Fsp3) is 0. The van der Waals surface area contributed by atoms with Gasteiger partial charge in [-0.2, -0.15) is 4.68 Å². The Morgan fingerprint density at radius 1 is 0.800 bits per heavy atom. The molecule has 0 radical (unpaired) electrons. The molecule has 0 spiro atoms. The van der Waals surface area contributed by atoms with E-state index in [0.29, 0.717) is 22.9 Å². The largest absolute Gasteiger partial charge is 0.366 e. The number of benzene rings is 2. The molecule has 0 saturated heterocycles. The van der Waals surface area contributed by atoms with Gasteiger partial charge in [-0.1, -0.05) is 42.5 Å². The van der Waals surface area contributed by atoms with Crippen molar-refractivity contribution >= 4 is 35.1 Å². The van der Waals surface area contributed by atoms with E-state index in [2.05, 4.69) is 36.3 Å². The fourth-order valence-electron chi connectivity index (χ4n) is 2.64. The lowest BCUT2D eigenvalue weighted by molar-refractivity contribution is 0.262. The zero-order valence-electron chi connectivity index (χ0n) is 15.6. The molecule has 4 rings (SSSR count). The highest BCUT2D eigenvalue weighted by molar-refractivity contribution is 6.01. The number of rotatable bonds is 5. The van der Waals surface area contributed by atoms with Crippen molar-refractivity contribution in [1.29, 1.82) is 0 Å². The van der Waals surface area contributed by atoms with E-state index in [-0.39, 0.29) is 11.9 Å². The van der Waals surface area contributed by atoms with Gasteiger partial charge in [0.2, 0.25) is 11.9 Å². The minimum absolute atomic E-state index is 0.0539. The van der Waals surface area contributed by atoms with Crippen molar-refractivity contribution < 1.29 is 4.79 Å². The van der Waals surface area contributed by atoms with Gasteiger partial charge >= 0.3 is 6.03 Å². The van der Waals surface area contributed by atoms with Gasteiger partial charge in [0, 0.05) is 5.56 Å². The Labute approximate surface area is 171 Å². The maximum absolute atomic E-state index is 12.4. The Morgan fingerprint density at radius 2 is 1.53 bits per heavy atom. The van der Waals surface area contributed by atoms with E-state index < -0.39 is 6.03 Å². The van der Waals surface area contributed by atoms with Gasteiger partial charge in [0.1, 0.15) is 0 Å². The summed E-state index contributed by atoms with van der Waals surface area (Å²) in [6.07, 6.45) is 0. The fourth-order valence-corrected chi connectivity index (χ4v) is 2.64. The van der Waals surface area contributed by atoms with Gasteiger partial charge in [-0.3, -0.25) is 5.32 Å². The van der Waals surface area contributed by atoms with Crippen molar-refractivity contribution in [2.45, 2.75) is 0 Å². The number of hydrogen-bond acceptors (Lipinski definition) is 8. The second-order valence-electron chi connectivity index (χ2n) is 6.17. The predicted octanol–water partition coefficient (Wildman–Crippen LogP) is 2.42. The number of nitrogens with one attached hydrogen (secondary N) is 3. The van der Waals surface area contributed by atoms with Gasteiger partial charge in [0.05, 0.1) is 17.1 Å². The normalized spacial score (nSPS) is 10.4. The molecule has 11 heteroatoms. The van der Waals surface area contributed by atoms with Gasteiger partial charge in [0.25, 0.3) is 0 Å². The maximum Gasteiger partial charge on any atom is 0.324 e. The second kappa shape index (κ2) is 8.14. The molecule has 0 saturated carbocycles. The highest BCUT2D eigenvalue weighted by Crippen LogP contribution is 2.24. The third-order valence-electron chi connectivity index (χ3n) is 4.12. The molecule has 0 fully saturated rings. The molecular formula is C19H18N10O. The van der Waals surface area contributed by atoms with Crippen LogP contribution in [-0.4, -0.2) is 31.1 Å². The quantitative estimate of drug-likeness (QED) is 0.318. The number of carbonyl (C=O) groups excluding carboxylic acids is 1. The molecule has 0 aliphatic heterocycles. The maximum atomic E-state index is 12.4. The van der Waals surface area contributed by atoms with Crippen molar-refractivity contribution in [3.63, 3.8) is 0 Å². The minimum Gasteiger partial charge on any atom is -0.366 e. The molecule has 0 atom stereocenters. The lowest BCUT2D eigenvalue weighted by atomic mass is 10.1. The first-order valence-electron chi connectivity index (χ1n) is 8.89. The summed E-state index contributed by atoms with van der Waals surface area (Å²) in [6.45, 7) is 0. The molecule has 2 heterocycles. The van der Waals surface area contributed by atoms with Crippen molar-refractivity contribution in [2.24, 2.45) is 0 Å². The van der Waals surface area contributed by atoms with Crippen molar-refractivity contribution in [2.75, 3.05) is 27.5 Å². The van der Waals surface area contributed by atoms with Crippen LogP contribution >= 0.6 is 0 Å². The lowest BCUT2D eigenvalue weighted by Crippen LogP contribution is -2.21. The molecule has 150 valence electrons. The number of aromatic nitrogens is 5. The zero-order chi connectivity index (χ0) is 20.9. The minimum atomic E-state index is -0.486. The van der Waals surface area contributed by atoms with Crippen LogP contribution in [0.1, 0.15) is 0 Å². The van der Waals surface area contributed by atoms with E-state index >= 15 is 0 Å². The van der Waals surface area contributed by atoms with Crippen LogP contribution in [0.15, 0.2) is 66.7 Å². The number of urea groups is 1. The summed E-state index contributed by atoms with van der Waals surface area (Å²) in [5.41, 5.74) is 8.27. The molecule has 4 aromatic rings. The van der Waals surface area contributed by atoms with Crippen LogP contribution in [0, 0.1) is 0 Å². The van der Waals surface area contributed by atoms with Gasteiger partial charge in [-0.15, -0.1) is 20.4 Å². The van der Waals surface area contributed by atoms with E-state index in [1.54, 1.807) is 36.4 Å². The molecule has 2 aromatic heterocycles. The van der Waals surface area contributed by atoms with Crippen LogP contribution in [-0.2, 0) is 0 Å². The van der Waals surface area contributed by atoms with E-state index in [9.17, 15) is 4.79 Å². The Morgan fingerprint density at radius 3 is 2.20 bits per heavy atom. The number of nitrogens with two attached hydrogens (primary N) is 2. The van der Waals surface area contributed by atoms with Crippen LogP contribution in [0.4, 0.5) is 33.9 Å². The molecule has 30 heavy (non-hydrogen) atoms. The molecular weight excluding hydrogens is 384 g/mol. The summed E-state index contributed by atoms with van der Waals surface area (Å²) >= 11 is 0. The molecule has 2 amide bonds. The summed E-state index contributed by atoms with van der Waals surface area (Å²) in [4.78, 5) is 12.4. The summed E-state index contributed by atoms with van der Waals surface area (Å²) in [6, 6.07) is 19.6. The molecule has 2 aromatic carbocycles. The Hall–Kier alpha value is -4.67. The highest BCUT2D eigenvalue weighted by atomic mass is 16.2. The molecule has 0 bridgehead atoms. The van der Waals surface area contributed by atoms with Crippen molar-refractivity contribution in [3.05, 3.63) is 66.7 Å². The average molecular weight is 402 g/mol. The summed E-state index contributed by atoms with van der Waals surface area (Å²) < 4.78 is 1.10. The average Bonchev–Trinajstić information content (AvgIpc) is 3.08. The SMILES string of the molecule is Nc1nnc(Nc2ccccc2NC(=O)Nc2ccc(-c3ccccc3)nn2)n1N. The summed E-state index contributed by atoms with van der Waals surface area (Å²) in [5, 5.41) is 24.1. The van der Waals surface area contributed by atoms with Crippen LogP contribution in [0.2, 0.25) is 0 Å². The van der Waals surface area contributed by atoms with Gasteiger partial charge in [0.15, 0.2) is 5.82 Å². The topological polar surface area (TPSA) is 162 Å². The van der Waals surface area contributed by atoms with Crippen LogP contribution in [0.5, 0.6) is 0 Å². The predicted molar refractivity (Wildman–Crippen MR) is 114 cm³/mol. The van der Waals surface area contributed by atoms with E-state index in [4.69, 9.17) is 11.6 Å². The molecule has 11 nitrogen and oxygen atoms in total. The summed E-state index contributed by atoms with van der Waals surface area (Å²) in [7, 11) is 0. The van der Waals surface area contributed by atoms with Crippen LogP contribution < -0.4 is 27.5 Å². The van der Waals surface area contributed by atoms with E-state index in [0.717, 1.165) is 10.2 Å². The third kappa shape index (κ3) is 4.09. The Bertz CT molecular complexity index is 1160. The number of amides is 2. The monoisotopic (exact) mass is 402 g/mol. The molecule has 7 N–H and O–H groups in total. The Kier molecular flexibility index (Phi) is 5.07. The zero-order valence-corrected chi connectivity index (χ0v) is 15.6. The first kappa shape index (κ1) is 18.7. The number of nitrogen functional groups attached to an aromatic ring is 2. The van der Waals surface area contributed by atoms with Gasteiger partial charge in [-0.25, -0.2) is 4.79 Å². The van der Waals surface area contributed by atoms with Crippen LogP contribution in [0.25, 0.3) is 11.3 Å². The van der Waals surface area contributed by atoms with E-state index in [1.807, 2.05) is 30.3 Å². The second-order valence-corrected chi connectivity index (χ2v) is 6.17. The number of nitrogens with zero attached hydrogens (tertiary/aromatic N) is 5.